The second-order valence-electron chi connectivity index (χ2n) is 8.14. The van der Waals surface area contributed by atoms with Crippen molar-refractivity contribution < 1.29 is 23.2 Å². The van der Waals surface area contributed by atoms with Crippen LogP contribution in [-0.4, -0.2) is 59.4 Å². The van der Waals surface area contributed by atoms with Crippen molar-refractivity contribution in [3.8, 4) is 6.07 Å². The fourth-order valence-corrected chi connectivity index (χ4v) is 4.31. The highest BCUT2D eigenvalue weighted by atomic mass is 19.1. The van der Waals surface area contributed by atoms with E-state index in [9.17, 15) is 23.2 Å². The van der Waals surface area contributed by atoms with Crippen LogP contribution >= 0.6 is 0 Å². The first-order valence-electron chi connectivity index (χ1n) is 10.4. The zero-order valence-electron chi connectivity index (χ0n) is 18.4. The molecule has 0 unspecified atom stereocenters. The number of pyridine rings is 1. The molecule has 1 saturated heterocycles. The highest BCUT2D eigenvalue weighted by Gasteiger charge is 2.56. The fourth-order valence-electron chi connectivity index (χ4n) is 4.31. The summed E-state index contributed by atoms with van der Waals surface area (Å²) in [5, 5.41) is 16.6. The van der Waals surface area contributed by atoms with Gasteiger partial charge in [0.2, 0.25) is 5.91 Å². The van der Waals surface area contributed by atoms with E-state index in [2.05, 4.69) is 20.9 Å². The second-order valence-corrected chi connectivity index (χ2v) is 8.14. The molecule has 1 fully saturated rings. The summed E-state index contributed by atoms with van der Waals surface area (Å²) in [6.07, 6.45) is 1.20. The molecule has 10 nitrogen and oxygen atoms in total. The molecule has 1 spiro atoms. The molecule has 0 aliphatic carbocycles. The van der Waals surface area contributed by atoms with Crippen molar-refractivity contribution in [2.24, 2.45) is 0 Å². The number of hydrogen-bond acceptors (Lipinski definition) is 5. The van der Waals surface area contributed by atoms with Crippen molar-refractivity contribution in [3.05, 3.63) is 58.9 Å². The van der Waals surface area contributed by atoms with Gasteiger partial charge in [-0.25, -0.2) is 18.4 Å². The van der Waals surface area contributed by atoms with E-state index in [1.807, 2.05) is 0 Å². The first kappa shape index (κ1) is 22.9. The summed E-state index contributed by atoms with van der Waals surface area (Å²) in [5.41, 5.74) is -0.273. The van der Waals surface area contributed by atoms with Gasteiger partial charge < -0.3 is 25.8 Å². The third kappa shape index (κ3) is 3.85. The molecule has 2 aliphatic heterocycles. The van der Waals surface area contributed by atoms with Gasteiger partial charge in [0.05, 0.1) is 30.4 Å². The fraction of sp³-hybridized carbons (Fsp3) is 0.318. The number of benzene rings is 1. The van der Waals surface area contributed by atoms with E-state index in [-0.39, 0.29) is 30.4 Å². The highest BCUT2D eigenvalue weighted by molar-refractivity contribution is 5.97. The van der Waals surface area contributed by atoms with Crippen molar-refractivity contribution in [1.82, 2.24) is 25.4 Å². The lowest BCUT2D eigenvalue weighted by Gasteiger charge is -2.57. The number of carbonyl (C=O) groups excluding carboxylic acids is 3. The van der Waals surface area contributed by atoms with E-state index in [0.717, 1.165) is 6.07 Å². The van der Waals surface area contributed by atoms with Gasteiger partial charge in [0.15, 0.2) is 0 Å². The lowest BCUT2D eigenvalue weighted by atomic mass is 9.78. The number of nitriles is 1. The minimum atomic E-state index is -1.11. The van der Waals surface area contributed by atoms with E-state index in [0.29, 0.717) is 11.3 Å². The van der Waals surface area contributed by atoms with Crippen LogP contribution in [0.15, 0.2) is 30.5 Å². The number of likely N-dealkylation sites (tertiary alicyclic amines) is 1. The minimum Gasteiger partial charge on any atom is -0.346 e. The predicted octanol–water partition coefficient (Wildman–Crippen LogP) is 1.81. The number of anilines is 1. The maximum absolute atomic E-state index is 14.3. The van der Waals surface area contributed by atoms with Crippen LogP contribution < -0.4 is 16.0 Å². The second kappa shape index (κ2) is 8.58. The van der Waals surface area contributed by atoms with Gasteiger partial charge in [0.1, 0.15) is 29.8 Å². The predicted molar refractivity (Wildman–Crippen MR) is 115 cm³/mol. The number of halogens is 2. The zero-order chi connectivity index (χ0) is 24.6. The quantitative estimate of drug-likeness (QED) is 0.629. The summed E-state index contributed by atoms with van der Waals surface area (Å²) in [5.74, 6) is -1.87. The molecule has 3 heterocycles. The van der Waals surface area contributed by atoms with Crippen LogP contribution in [0.1, 0.15) is 29.8 Å². The molecule has 2 aromatic rings. The molecular formula is C22H21F2N7O3. The van der Waals surface area contributed by atoms with Gasteiger partial charge in [-0.1, -0.05) is 0 Å². The number of urea groups is 2. The Labute approximate surface area is 193 Å². The van der Waals surface area contributed by atoms with E-state index in [1.165, 1.54) is 48.2 Å². The standard InChI is InChI=1S/C22H21F2N7O3/c1-12(19-16(24)5-13(7-25)8-27-19)28-18(32)9-31-21(34)29-17-4-3-14(23)6-15(17)22(31)10-30(11-22)20(33)26-2/h3-6,8,12H,9-11H2,1-2H3,(H,26,33)(H,28,32)(H,29,34)/t12-/m0/s1. The molecule has 3 N–H and O–H groups in total. The summed E-state index contributed by atoms with van der Waals surface area (Å²) in [7, 11) is 1.47. The molecule has 1 aromatic carbocycles. The topological polar surface area (TPSA) is 130 Å². The van der Waals surface area contributed by atoms with Crippen LogP contribution in [0.2, 0.25) is 0 Å². The van der Waals surface area contributed by atoms with Gasteiger partial charge in [-0.3, -0.25) is 9.78 Å². The molecule has 4 rings (SSSR count). The highest BCUT2D eigenvalue weighted by Crippen LogP contribution is 2.44. The first-order chi connectivity index (χ1) is 16.2. The van der Waals surface area contributed by atoms with Crippen molar-refractivity contribution in [3.63, 3.8) is 0 Å². The zero-order valence-corrected chi connectivity index (χ0v) is 18.4. The lowest BCUT2D eigenvalue weighted by molar-refractivity contribution is -0.125. The summed E-state index contributed by atoms with van der Waals surface area (Å²) in [6, 6.07) is 4.93. The van der Waals surface area contributed by atoms with Crippen molar-refractivity contribution in [2.45, 2.75) is 18.5 Å². The SMILES string of the molecule is CNC(=O)N1CC2(C1)c1cc(F)ccc1NC(=O)N2CC(=O)N[C@@H](C)c1ncc(C#N)cc1F. The number of aromatic nitrogens is 1. The van der Waals surface area contributed by atoms with E-state index < -0.39 is 41.7 Å². The Balaban J connectivity index is 1.57. The van der Waals surface area contributed by atoms with Crippen molar-refractivity contribution in [1.29, 1.82) is 5.26 Å². The molecule has 34 heavy (non-hydrogen) atoms. The third-order valence-corrected chi connectivity index (χ3v) is 5.98. The number of carbonyl (C=O) groups is 3. The van der Waals surface area contributed by atoms with Crippen LogP contribution in [0.3, 0.4) is 0 Å². The summed E-state index contributed by atoms with van der Waals surface area (Å²) in [4.78, 5) is 44.4. The molecule has 0 bridgehead atoms. The number of fused-ring (bicyclic) bond motifs is 2. The van der Waals surface area contributed by atoms with Crippen molar-refractivity contribution in [2.75, 3.05) is 32.0 Å². The molecule has 0 saturated carbocycles. The van der Waals surface area contributed by atoms with Crippen LogP contribution in [-0.2, 0) is 10.3 Å². The Morgan fingerprint density at radius 2 is 2.06 bits per heavy atom. The van der Waals surface area contributed by atoms with Crippen LogP contribution in [0, 0.1) is 23.0 Å². The normalized spacial score (nSPS) is 16.6. The smallest absolute Gasteiger partial charge is 0.323 e. The average molecular weight is 469 g/mol. The Kier molecular flexibility index (Phi) is 5.78. The Morgan fingerprint density at radius 1 is 1.32 bits per heavy atom. The number of rotatable bonds is 4. The van der Waals surface area contributed by atoms with Gasteiger partial charge in [0.25, 0.3) is 0 Å². The monoisotopic (exact) mass is 469 g/mol. The van der Waals surface area contributed by atoms with E-state index >= 15 is 0 Å². The Morgan fingerprint density at radius 3 is 2.71 bits per heavy atom. The van der Waals surface area contributed by atoms with E-state index in [1.54, 1.807) is 6.07 Å². The molecular weight excluding hydrogens is 448 g/mol. The number of nitrogens with zero attached hydrogens (tertiary/aromatic N) is 4. The van der Waals surface area contributed by atoms with Crippen molar-refractivity contribution >= 4 is 23.7 Å². The molecule has 176 valence electrons. The largest absolute Gasteiger partial charge is 0.346 e. The van der Waals surface area contributed by atoms with Gasteiger partial charge in [-0.15, -0.1) is 0 Å². The lowest BCUT2D eigenvalue weighted by Crippen LogP contribution is -2.73. The molecule has 2 aliphatic rings. The van der Waals surface area contributed by atoms with Gasteiger partial charge in [-0.05, 0) is 31.2 Å². The summed E-state index contributed by atoms with van der Waals surface area (Å²) < 4.78 is 28.4. The molecule has 0 radical (unpaired) electrons. The van der Waals surface area contributed by atoms with Crippen LogP contribution in [0.4, 0.5) is 24.1 Å². The number of nitrogens with one attached hydrogen (secondary N) is 3. The van der Waals surface area contributed by atoms with Crippen LogP contribution in [0.5, 0.6) is 0 Å². The summed E-state index contributed by atoms with van der Waals surface area (Å²) in [6.45, 7) is 1.21. The Hall–Kier alpha value is -4.27. The maximum atomic E-state index is 14.3. The molecule has 1 aromatic heterocycles. The molecule has 5 amide bonds. The molecule has 1 atom stereocenters. The Bertz CT molecular complexity index is 1220. The maximum Gasteiger partial charge on any atom is 0.323 e. The van der Waals surface area contributed by atoms with Gasteiger partial charge in [0, 0.05) is 24.5 Å². The number of hydrogen-bond donors (Lipinski definition) is 3. The van der Waals surface area contributed by atoms with Gasteiger partial charge in [-0.2, -0.15) is 5.26 Å². The molecule has 12 heteroatoms. The third-order valence-electron chi connectivity index (χ3n) is 5.98. The van der Waals surface area contributed by atoms with E-state index in [4.69, 9.17) is 5.26 Å². The number of amides is 5. The first-order valence-corrected chi connectivity index (χ1v) is 10.4. The minimum absolute atomic E-state index is 0.0447. The summed E-state index contributed by atoms with van der Waals surface area (Å²) >= 11 is 0. The average Bonchev–Trinajstić information content (AvgIpc) is 2.78. The van der Waals surface area contributed by atoms with Gasteiger partial charge >= 0.3 is 12.1 Å². The van der Waals surface area contributed by atoms with Crippen LogP contribution in [0.25, 0.3) is 0 Å².